The van der Waals surface area contributed by atoms with E-state index in [0.717, 1.165) is 116 Å². The first-order valence-corrected chi connectivity index (χ1v) is 23.8. The average Bonchev–Trinajstić information content (AvgIpc) is 3.14. The Hall–Kier alpha value is -1.45. The lowest BCUT2D eigenvalue weighted by atomic mass is 9.92. The van der Waals surface area contributed by atoms with Gasteiger partial charge in [-0.2, -0.15) is 0 Å². The second kappa shape index (κ2) is 47.6. The van der Waals surface area contributed by atoms with Crippen LogP contribution in [-0.4, -0.2) is 44.8 Å². The van der Waals surface area contributed by atoms with E-state index in [4.69, 9.17) is 30.8 Å². The highest BCUT2D eigenvalue weighted by Crippen LogP contribution is 2.27. The van der Waals surface area contributed by atoms with Crippen LogP contribution in [0.3, 0.4) is 0 Å². The van der Waals surface area contributed by atoms with Crippen LogP contribution in [0.15, 0.2) is 45.6 Å². The minimum absolute atomic E-state index is 0. The highest BCUT2D eigenvalue weighted by Gasteiger charge is 2.19. The number of aliphatic carboxylic acids is 1. The van der Waals surface area contributed by atoms with Crippen molar-refractivity contribution in [1.29, 1.82) is 0 Å². The molecule has 2 N–H and O–H groups in total. The van der Waals surface area contributed by atoms with Crippen LogP contribution in [0.2, 0.25) is 0 Å². The summed E-state index contributed by atoms with van der Waals surface area (Å²) in [5.74, 6) is -0.527. The summed E-state index contributed by atoms with van der Waals surface area (Å²) >= 11 is 5.36. The van der Waals surface area contributed by atoms with Crippen molar-refractivity contribution in [1.82, 2.24) is 0 Å². The van der Waals surface area contributed by atoms with Crippen LogP contribution in [-0.2, 0) is 28.3 Å². The van der Waals surface area contributed by atoms with Crippen molar-refractivity contribution in [3.8, 4) is 0 Å². The Labute approximate surface area is 382 Å². The molecule has 59 heavy (non-hydrogen) atoms. The SMILES string of the molecule is C.C.C.C.CC(C)=C1CC=C(CO)CC1.CCCC(CCC)C(=O)Cl.CCCC(CCC)C(=O)O.CCCC(CCC)C(=O)OCC1=CCC(=C(C)C)CC1.O=S(Cl)Cl. The number of esters is 1. The molecule has 2 aliphatic carbocycles. The third kappa shape index (κ3) is 41.7. The number of aliphatic hydroxyl groups excluding tert-OH is 1. The lowest BCUT2D eigenvalue weighted by molar-refractivity contribution is -0.148. The Morgan fingerprint density at radius 3 is 1.20 bits per heavy atom. The fourth-order valence-corrected chi connectivity index (χ4v) is 6.48. The van der Waals surface area contributed by atoms with Crippen molar-refractivity contribution < 1.29 is 33.5 Å². The molecule has 0 fully saturated rings. The number of hydrogen-bond donors (Lipinski definition) is 2. The van der Waals surface area contributed by atoms with Crippen LogP contribution >= 0.6 is 33.0 Å². The Morgan fingerprint density at radius 1 is 0.627 bits per heavy atom. The van der Waals surface area contributed by atoms with Crippen molar-refractivity contribution in [2.75, 3.05) is 13.2 Å². The van der Waals surface area contributed by atoms with Crippen molar-refractivity contribution >= 4 is 59.4 Å². The van der Waals surface area contributed by atoms with Crippen molar-refractivity contribution in [2.24, 2.45) is 17.8 Å². The van der Waals surface area contributed by atoms with Gasteiger partial charge in [0.15, 0.2) is 0 Å². The minimum Gasteiger partial charge on any atom is -0.481 e. The summed E-state index contributed by atoms with van der Waals surface area (Å²) in [6, 6.07) is 0. The molecule has 7 nitrogen and oxygen atoms in total. The summed E-state index contributed by atoms with van der Waals surface area (Å²) in [4.78, 5) is 33.2. The monoisotopic (exact) mass is 919 g/mol. The van der Waals surface area contributed by atoms with Gasteiger partial charge >= 0.3 is 11.9 Å². The predicted octanol–water partition coefficient (Wildman–Crippen LogP) is 16.5. The first-order valence-electron chi connectivity index (χ1n) is 20.6. The molecule has 0 atom stereocenters. The molecule has 0 aliphatic heterocycles. The highest BCUT2D eigenvalue weighted by molar-refractivity contribution is 8.26. The van der Waals surface area contributed by atoms with Gasteiger partial charge in [0.2, 0.25) is 14.5 Å². The Balaban J connectivity index is -0.000000121. The van der Waals surface area contributed by atoms with Gasteiger partial charge in [0.25, 0.3) is 0 Å². The molecule has 0 aromatic rings. The quantitative estimate of drug-likeness (QED) is 0.0798. The van der Waals surface area contributed by atoms with Gasteiger partial charge in [-0.05, 0) is 127 Å². The molecule has 2 aliphatic rings. The molecule has 0 bridgehead atoms. The Morgan fingerprint density at radius 2 is 0.949 bits per heavy atom. The van der Waals surface area contributed by atoms with E-state index in [1.165, 1.54) is 27.9 Å². The molecule has 0 aromatic carbocycles. The Kier molecular flexibility index (Phi) is 58.1. The van der Waals surface area contributed by atoms with Gasteiger partial charge < -0.3 is 14.9 Å². The lowest BCUT2D eigenvalue weighted by Crippen LogP contribution is -2.19. The smallest absolute Gasteiger partial charge is 0.309 e. The number of halogens is 3. The first kappa shape index (κ1) is 72.0. The second-order valence-corrected chi connectivity index (χ2v) is 17.7. The van der Waals surface area contributed by atoms with E-state index in [1.807, 2.05) is 13.8 Å². The van der Waals surface area contributed by atoms with E-state index in [9.17, 15) is 14.4 Å². The summed E-state index contributed by atoms with van der Waals surface area (Å²) in [5, 5.41) is 17.3. The summed E-state index contributed by atoms with van der Waals surface area (Å²) in [7, 11) is 7.36. The zero-order valence-electron chi connectivity index (χ0n) is 36.0. The van der Waals surface area contributed by atoms with E-state index < -0.39 is 15.2 Å². The first-order chi connectivity index (χ1) is 26.0. The van der Waals surface area contributed by atoms with Gasteiger partial charge in [0, 0.05) is 27.3 Å². The van der Waals surface area contributed by atoms with Gasteiger partial charge in [0.1, 0.15) is 6.61 Å². The maximum atomic E-state index is 12.1. The fraction of sp³-hybridized carbons (Fsp3) is 0.771. The molecule has 354 valence electrons. The molecule has 0 radical (unpaired) electrons. The maximum Gasteiger partial charge on any atom is 0.309 e. The zero-order chi connectivity index (χ0) is 42.8. The van der Waals surface area contributed by atoms with E-state index in [2.05, 4.69) is 88.9 Å². The fourth-order valence-electron chi connectivity index (χ4n) is 6.26. The van der Waals surface area contributed by atoms with Crippen LogP contribution in [0.25, 0.3) is 0 Å². The minimum atomic E-state index is -1.67. The number of ether oxygens (including phenoxy) is 1. The van der Waals surface area contributed by atoms with E-state index in [1.54, 1.807) is 5.57 Å². The summed E-state index contributed by atoms with van der Waals surface area (Å²) in [6.07, 6.45) is 22.4. The van der Waals surface area contributed by atoms with Crippen LogP contribution in [0.5, 0.6) is 0 Å². The standard InChI is InChI=1S/C18H30O2.C10H16O.C8H15ClO.C8H16O2.4CH4.Cl2OS/c1-5-7-17(8-6-2)18(19)20-13-15-9-11-16(12-10-15)14(3)4;1-8(2)10-5-3-9(7-11)4-6-10;2*1-3-5-7(6-4-2)8(9)10;;;;;1-4(2)3/h9,17H,5-8,10-13H2,1-4H3;3,11H,4-7H2,1-2H3;7H,3-6H2,1-2H3;7H,3-6H2,1-2H3,(H,9,10);4*1H4;. The van der Waals surface area contributed by atoms with Crippen molar-refractivity contribution in [3.63, 3.8) is 0 Å². The number of allylic oxidation sites excluding steroid dienone is 6. The zero-order valence-corrected chi connectivity index (χ0v) is 39.1. The number of hydrogen-bond acceptors (Lipinski definition) is 6. The molecular weight excluding hydrogens is 827 g/mol. The number of aliphatic hydroxyl groups is 1. The van der Waals surface area contributed by atoms with Gasteiger partial charge in [-0.25, -0.2) is 4.21 Å². The normalized spacial score (nSPS) is 12.6. The summed E-state index contributed by atoms with van der Waals surface area (Å²) in [5.41, 5.74) is 8.45. The highest BCUT2D eigenvalue weighted by atomic mass is 36.0. The molecule has 11 heteroatoms. The third-order valence-electron chi connectivity index (χ3n) is 9.61. The average molecular weight is 921 g/mol. The van der Waals surface area contributed by atoms with Gasteiger partial charge in [-0.1, -0.05) is 144 Å². The van der Waals surface area contributed by atoms with Crippen LogP contribution in [0.1, 0.15) is 215 Å². The largest absolute Gasteiger partial charge is 0.481 e. The molecule has 0 heterocycles. The van der Waals surface area contributed by atoms with Gasteiger partial charge in [0.05, 0.1) is 18.4 Å². The molecule has 2 rings (SSSR count). The molecule has 0 saturated heterocycles. The van der Waals surface area contributed by atoms with Crippen LogP contribution < -0.4 is 0 Å². The molecule has 0 amide bonds. The van der Waals surface area contributed by atoms with E-state index in [-0.39, 0.29) is 65.3 Å². The maximum absolute atomic E-state index is 12.1. The second-order valence-electron chi connectivity index (χ2n) is 14.8. The number of carbonyl (C=O) groups is 3. The van der Waals surface area contributed by atoms with Gasteiger partial charge in [-0.15, -0.1) is 0 Å². The molecule has 0 spiro atoms. The molecular formula is C48H93Cl3O7S. The lowest BCUT2D eigenvalue weighted by Gasteiger charge is -2.19. The van der Waals surface area contributed by atoms with Crippen molar-refractivity contribution in [3.05, 3.63) is 45.6 Å². The molecule has 0 unspecified atom stereocenters. The third-order valence-corrected chi connectivity index (χ3v) is 9.92. The number of carboxylic acid groups (broad SMARTS) is 1. The molecule has 0 aromatic heterocycles. The topological polar surface area (TPSA) is 118 Å². The number of carbonyl (C=O) groups excluding carboxylic acids is 2. The summed E-state index contributed by atoms with van der Waals surface area (Å²) < 4.78 is 14.6. The van der Waals surface area contributed by atoms with Gasteiger partial charge in [-0.3, -0.25) is 14.4 Å². The Bertz CT molecular complexity index is 1150. The number of carboxylic acids is 1. The summed E-state index contributed by atoms with van der Waals surface area (Å²) in [6.45, 7) is 21.8. The van der Waals surface area contributed by atoms with E-state index in [0.29, 0.717) is 6.61 Å². The van der Waals surface area contributed by atoms with Crippen LogP contribution in [0.4, 0.5) is 0 Å². The molecule has 0 saturated carbocycles. The predicted molar refractivity (Wildman–Crippen MR) is 264 cm³/mol. The van der Waals surface area contributed by atoms with Crippen LogP contribution in [0, 0.1) is 17.8 Å². The number of rotatable bonds is 18. The van der Waals surface area contributed by atoms with E-state index >= 15 is 0 Å². The van der Waals surface area contributed by atoms with Crippen molar-refractivity contribution in [2.45, 2.75) is 215 Å².